The van der Waals surface area contributed by atoms with E-state index >= 15 is 0 Å². The molecule has 0 radical (unpaired) electrons. The van der Waals surface area contributed by atoms with Gasteiger partial charge in [0.15, 0.2) is 0 Å². The molecule has 0 aliphatic rings. The Labute approximate surface area is 49.7 Å². The molecule has 0 bridgehead atoms. The van der Waals surface area contributed by atoms with Crippen LogP contribution in [0.4, 0.5) is 0 Å². The van der Waals surface area contributed by atoms with Crippen molar-refractivity contribution < 1.29 is 9.90 Å². The molecule has 0 spiro atoms. The van der Waals surface area contributed by atoms with Crippen molar-refractivity contribution in [2.75, 3.05) is 0 Å². The van der Waals surface area contributed by atoms with Crippen LogP contribution in [0.2, 0.25) is 0 Å². The number of rotatable bonds is 1. The molecule has 1 atom stereocenters. The molecule has 0 aromatic carbocycles. The first-order chi connectivity index (χ1) is 2.64. The van der Waals surface area contributed by atoms with Crippen molar-refractivity contribution in [3.63, 3.8) is 0 Å². The van der Waals surface area contributed by atoms with Crippen molar-refractivity contribution in [1.29, 1.82) is 0 Å². The first-order valence-electron chi connectivity index (χ1n) is 1.52. The molecule has 0 heterocycles. The van der Waals surface area contributed by atoms with Gasteiger partial charge in [-0.2, -0.15) is 0 Å². The summed E-state index contributed by atoms with van der Waals surface area (Å²) in [6.45, 7) is 1.44. The smallest absolute Gasteiger partial charge is 0.220 e. The van der Waals surface area contributed by atoms with Crippen LogP contribution in [0.25, 0.3) is 0 Å². The van der Waals surface area contributed by atoms with Crippen LogP contribution in [0, 0.1) is 0 Å². The molecular formula is C3H5IO2. The number of halogens is 1. The summed E-state index contributed by atoms with van der Waals surface area (Å²) in [6.07, 6.45) is -0.800. The third-order valence-corrected chi connectivity index (χ3v) is 1.23. The van der Waals surface area contributed by atoms with Crippen LogP contribution >= 0.6 is 22.6 Å². The van der Waals surface area contributed by atoms with E-state index in [2.05, 4.69) is 0 Å². The maximum atomic E-state index is 9.88. The zero-order valence-electron chi connectivity index (χ0n) is 3.31. The standard InChI is InChI=1S/C3H5IO2/c1-2(5)3(4)6/h2,5H,1H3/t2-/m1/s1. The molecule has 0 amide bonds. The van der Waals surface area contributed by atoms with Gasteiger partial charge in [-0.1, -0.05) is 0 Å². The molecule has 0 aromatic heterocycles. The molecule has 3 heteroatoms. The normalized spacial score (nSPS) is 13.8. The van der Waals surface area contributed by atoms with Gasteiger partial charge in [-0.05, 0) is 6.92 Å². The Kier molecular flexibility index (Phi) is 2.67. The summed E-state index contributed by atoms with van der Waals surface area (Å²) in [4.78, 5) is 9.88. The van der Waals surface area contributed by atoms with Crippen LogP contribution in [0.15, 0.2) is 0 Å². The predicted molar refractivity (Wildman–Crippen MR) is 30.7 cm³/mol. The fourth-order valence-corrected chi connectivity index (χ4v) is 0. The average Bonchev–Trinajstić information content (AvgIpc) is 1.36. The average molecular weight is 200 g/mol. The largest absolute Gasteiger partial charge is 0.385 e. The van der Waals surface area contributed by atoms with Crippen LogP contribution in [0.5, 0.6) is 0 Å². The molecule has 0 aliphatic carbocycles. The highest BCUT2D eigenvalue weighted by Gasteiger charge is 1.99. The number of hydrogen-bond acceptors (Lipinski definition) is 2. The van der Waals surface area contributed by atoms with E-state index in [1.54, 1.807) is 22.6 Å². The topological polar surface area (TPSA) is 37.3 Å². The third kappa shape index (κ3) is 2.59. The second-order valence-electron chi connectivity index (χ2n) is 0.980. The summed E-state index contributed by atoms with van der Waals surface area (Å²) < 4.78 is -0.215. The van der Waals surface area contributed by atoms with E-state index in [9.17, 15) is 4.79 Å². The second kappa shape index (κ2) is 2.52. The van der Waals surface area contributed by atoms with Crippen molar-refractivity contribution in [1.82, 2.24) is 0 Å². The minimum Gasteiger partial charge on any atom is -0.385 e. The van der Waals surface area contributed by atoms with Gasteiger partial charge >= 0.3 is 0 Å². The summed E-state index contributed by atoms with van der Waals surface area (Å²) in [7, 11) is 0. The third-order valence-electron chi connectivity index (χ3n) is 0.328. The van der Waals surface area contributed by atoms with Gasteiger partial charge in [0.05, 0.1) is 0 Å². The van der Waals surface area contributed by atoms with Crippen molar-refractivity contribution in [3.05, 3.63) is 0 Å². The summed E-state index contributed by atoms with van der Waals surface area (Å²) in [5.74, 6) is 0. The second-order valence-corrected chi connectivity index (χ2v) is 2.04. The Balaban J connectivity index is 3.26. The van der Waals surface area contributed by atoms with E-state index < -0.39 is 6.10 Å². The summed E-state index contributed by atoms with van der Waals surface area (Å²) in [6, 6.07) is 0. The number of aliphatic hydroxyl groups excluding tert-OH is 1. The lowest BCUT2D eigenvalue weighted by Gasteiger charge is -1.88. The lowest BCUT2D eigenvalue weighted by atomic mass is 10.5. The quantitative estimate of drug-likeness (QED) is 0.489. The Morgan fingerprint density at radius 1 is 2.00 bits per heavy atom. The molecule has 0 aliphatic heterocycles. The van der Waals surface area contributed by atoms with Gasteiger partial charge in [-0.25, -0.2) is 0 Å². The SMILES string of the molecule is C[C@@H](O)C(=O)I. The summed E-state index contributed by atoms with van der Waals surface area (Å²) in [5, 5.41) is 8.27. The molecule has 0 aromatic rings. The zero-order valence-corrected chi connectivity index (χ0v) is 5.47. The highest BCUT2D eigenvalue weighted by atomic mass is 127. The minimum atomic E-state index is -0.800. The van der Waals surface area contributed by atoms with Gasteiger partial charge in [0, 0.05) is 22.6 Å². The molecule has 6 heavy (non-hydrogen) atoms. The Morgan fingerprint density at radius 2 is 2.17 bits per heavy atom. The lowest BCUT2D eigenvalue weighted by molar-refractivity contribution is -0.115. The summed E-state index contributed by atoms with van der Waals surface area (Å²) >= 11 is 1.54. The van der Waals surface area contributed by atoms with Crippen LogP contribution < -0.4 is 0 Å². The van der Waals surface area contributed by atoms with E-state index in [0.29, 0.717) is 0 Å². The van der Waals surface area contributed by atoms with Crippen LogP contribution in [-0.4, -0.2) is 15.0 Å². The van der Waals surface area contributed by atoms with E-state index in [1.807, 2.05) is 0 Å². The molecule has 1 N–H and O–H groups in total. The Bertz CT molecular complexity index is 59.8. The maximum Gasteiger partial charge on any atom is 0.220 e. The Morgan fingerprint density at radius 3 is 2.17 bits per heavy atom. The van der Waals surface area contributed by atoms with Crippen molar-refractivity contribution >= 4 is 26.4 Å². The monoisotopic (exact) mass is 200 g/mol. The first kappa shape index (κ1) is 6.36. The van der Waals surface area contributed by atoms with Gasteiger partial charge < -0.3 is 5.11 Å². The van der Waals surface area contributed by atoms with Crippen molar-refractivity contribution in [2.24, 2.45) is 0 Å². The molecule has 0 fully saturated rings. The van der Waals surface area contributed by atoms with Crippen LogP contribution in [0.3, 0.4) is 0 Å². The van der Waals surface area contributed by atoms with Crippen molar-refractivity contribution in [2.45, 2.75) is 13.0 Å². The minimum absolute atomic E-state index is 0.215. The lowest BCUT2D eigenvalue weighted by Crippen LogP contribution is -2.06. The molecule has 0 rings (SSSR count). The number of carbonyl (C=O) groups excluding carboxylic acids is 1. The number of aliphatic hydroxyl groups is 1. The first-order valence-corrected chi connectivity index (χ1v) is 2.60. The van der Waals surface area contributed by atoms with Gasteiger partial charge in [-0.3, -0.25) is 4.79 Å². The maximum absolute atomic E-state index is 9.88. The summed E-state index contributed by atoms with van der Waals surface area (Å²) in [5.41, 5.74) is 0. The molecule has 2 nitrogen and oxygen atoms in total. The number of carbonyl (C=O) groups is 1. The van der Waals surface area contributed by atoms with E-state index in [4.69, 9.17) is 5.11 Å². The molecule has 0 unspecified atom stereocenters. The van der Waals surface area contributed by atoms with Gasteiger partial charge in [0.2, 0.25) is 3.79 Å². The Hall–Kier alpha value is 0.360. The fourth-order valence-electron chi connectivity index (χ4n) is 0. The van der Waals surface area contributed by atoms with Gasteiger partial charge in [0.1, 0.15) is 6.10 Å². The van der Waals surface area contributed by atoms with Crippen LogP contribution in [-0.2, 0) is 4.79 Å². The predicted octanol–water partition coefficient (Wildman–Crippen LogP) is 0.329. The molecule has 0 saturated carbocycles. The highest BCUT2D eigenvalue weighted by Crippen LogP contribution is 1.90. The van der Waals surface area contributed by atoms with Gasteiger partial charge in [-0.15, -0.1) is 0 Å². The van der Waals surface area contributed by atoms with Gasteiger partial charge in [0.25, 0.3) is 0 Å². The van der Waals surface area contributed by atoms with E-state index in [0.717, 1.165) is 0 Å². The zero-order chi connectivity index (χ0) is 5.15. The fraction of sp³-hybridized carbons (Fsp3) is 0.667. The van der Waals surface area contributed by atoms with Crippen LogP contribution in [0.1, 0.15) is 6.92 Å². The van der Waals surface area contributed by atoms with E-state index in [-0.39, 0.29) is 3.79 Å². The van der Waals surface area contributed by atoms with E-state index in [1.165, 1.54) is 6.92 Å². The molecule has 0 saturated heterocycles. The van der Waals surface area contributed by atoms with Crippen molar-refractivity contribution in [3.8, 4) is 0 Å². The number of hydrogen-bond donors (Lipinski definition) is 1. The highest BCUT2D eigenvalue weighted by molar-refractivity contribution is 14.1. The molecular weight excluding hydrogens is 195 g/mol. The molecule has 36 valence electrons.